The van der Waals surface area contributed by atoms with Gasteiger partial charge in [-0.15, -0.1) is 0 Å². The molecule has 1 heterocycles. The zero-order chi connectivity index (χ0) is 24.3. The van der Waals surface area contributed by atoms with Gasteiger partial charge >= 0.3 is 0 Å². The van der Waals surface area contributed by atoms with Crippen molar-refractivity contribution in [1.82, 2.24) is 9.80 Å². The molecule has 1 aliphatic heterocycles. The van der Waals surface area contributed by atoms with Gasteiger partial charge in [-0.1, -0.05) is 32.4 Å². The fourth-order valence-corrected chi connectivity index (χ4v) is 9.30. The summed E-state index contributed by atoms with van der Waals surface area (Å²) in [4.78, 5) is 28.4. The topological polar surface area (TPSA) is 60.9 Å². The highest BCUT2D eigenvalue weighted by Crippen LogP contribution is 2.67. The molecule has 0 radical (unpaired) electrons. The maximum atomic E-state index is 12.8. The maximum absolute atomic E-state index is 12.8. The monoisotopic (exact) mass is 470 g/mol. The van der Waals surface area contributed by atoms with Crippen molar-refractivity contribution < 1.29 is 14.7 Å². The van der Waals surface area contributed by atoms with Crippen LogP contribution in [0, 0.1) is 40.4 Å². The molecule has 2 amide bonds. The Bertz CT molecular complexity index is 854. The van der Waals surface area contributed by atoms with E-state index in [0.29, 0.717) is 42.2 Å². The molecule has 5 aliphatic rings. The van der Waals surface area contributed by atoms with Crippen LogP contribution in [0.1, 0.15) is 85.0 Å². The lowest BCUT2D eigenvalue weighted by Gasteiger charge is -2.58. The van der Waals surface area contributed by atoms with Crippen LogP contribution < -0.4 is 0 Å². The van der Waals surface area contributed by atoms with Crippen molar-refractivity contribution in [2.45, 2.75) is 91.1 Å². The van der Waals surface area contributed by atoms with Gasteiger partial charge in [0.2, 0.25) is 11.8 Å². The van der Waals surface area contributed by atoms with E-state index in [2.05, 4.69) is 26.8 Å². The van der Waals surface area contributed by atoms with Gasteiger partial charge in [-0.2, -0.15) is 0 Å². The van der Waals surface area contributed by atoms with Gasteiger partial charge in [0.1, 0.15) is 0 Å². The van der Waals surface area contributed by atoms with Gasteiger partial charge in [-0.25, -0.2) is 0 Å². The molecule has 0 bridgehead atoms. The Morgan fingerprint density at radius 2 is 1.94 bits per heavy atom. The quantitative estimate of drug-likeness (QED) is 0.609. The van der Waals surface area contributed by atoms with E-state index in [4.69, 9.17) is 0 Å². The van der Waals surface area contributed by atoms with E-state index in [9.17, 15) is 14.7 Å². The fourth-order valence-electron chi connectivity index (χ4n) is 9.30. The van der Waals surface area contributed by atoms with E-state index in [1.54, 1.807) is 15.4 Å². The van der Waals surface area contributed by atoms with E-state index in [1.165, 1.54) is 32.1 Å². The van der Waals surface area contributed by atoms with Crippen molar-refractivity contribution in [3.63, 3.8) is 0 Å². The van der Waals surface area contributed by atoms with E-state index in [-0.39, 0.29) is 24.5 Å². The van der Waals surface area contributed by atoms with Crippen LogP contribution in [0.15, 0.2) is 11.6 Å². The van der Waals surface area contributed by atoms with Crippen LogP contribution in [0.4, 0.5) is 0 Å². The Morgan fingerprint density at radius 1 is 1.15 bits per heavy atom. The minimum atomic E-state index is -0.131. The van der Waals surface area contributed by atoms with Crippen LogP contribution in [0.3, 0.4) is 0 Å². The molecule has 0 spiro atoms. The Hall–Kier alpha value is -1.36. The summed E-state index contributed by atoms with van der Waals surface area (Å²) in [5.41, 5.74) is 2.25. The Balaban J connectivity index is 1.23. The molecule has 0 aromatic carbocycles. The number of aliphatic hydroxyl groups excluding tert-OH is 1. The molecule has 1 unspecified atom stereocenters. The smallest absolute Gasteiger partial charge is 0.241 e. The second kappa shape index (κ2) is 8.94. The number of carbonyl (C=O) groups is 2. The third kappa shape index (κ3) is 3.94. The first-order chi connectivity index (χ1) is 16.1. The molecule has 5 rings (SSSR count). The number of hydrogen-bond donors (Lipinski definition) is 1. The molecular formula is C29H46N2O3. The van der Waals surface area contributed by atoms with Crippen LogP contribution in [0.25, 0.3) is 0 Å². The predicted octanol–water partition coefficient (Wildman–Crippen LogP) is 4.64. The largest absolute Gasteiger partial charge is 0.393 e. The number of aliphatic hydroxyl groups is 1. The first-order valence-electron chi connectivity index (χ1n) is 14.0. The van der Waals surface area contributed by atoms with Crippen molar-refractivity contribution >= 4 is 11.8 Å². The number of hydrogen-bond acceptors (Lipinski definition) is 3. The van der Waals surface area contributed by atoms with Crippen LogP contribution in [-0.4, -0.2) is 59.5 Å². The Labute approximate surface area is 206 Å². The Kier molecular flexibility index (Phi) is 6.40. The van der Waals surface area contributed by atoms with Crippen molar-refractivity contribution in [2.24, 2.45) is 40.4 Å². The summed E-state index contributed by atoms with van der Waals surface area (Å²) in [6.45, 7) is 9.05. The van der Waals surface area contributed by atoms with Crippen molar-refractivity contribution in [1.29, 1.82) is 0 Å². The summed E-state index contributed by atoms with van der Waals surface area (Å²) in [5.74, 6) is 3.84. The van der Waals surface area contributed by atoms with E-state index in [1.807, 2.05) is 7.05 Å². The fraction of sp³-hybridized carbons (Fsp3) is 0.862. The second-order valence-corrected chi connectivity index (χ2v) is 13.0. The van der Waals surface area contributed by atoms with Crippen molar-refractivity contribution in [2.75, 3.05) is 26.7 Å². The first-order valence-corrected chi connectivity index (χ1v) is 14.0. The third-order valence-corrected chi connectivity index (χ3v) is 11.5. The van der Waals surface area contributed by atoms with Gasteiger partial charge in [0.05, 0.1) is 12.6 Å². The lowest BCUT2D eigenvalue weighted by Crippen LogP contribution is -2.51. The minimum Gasteiger partial charge on any atom is -0.393 e. The van der Waals surface area contributed by atoms with Crippen molar-refractivity contribution in [3.05, 3.63) is 11.6 Å². The second-order valence-electron chi connectivity index (χ2n) is 13.0. The number of fused-ring (bicyclic) bond motifs is 5. The van der Waals surface area contributed by atoms with E-state index >= 15 is 0 Å². The summed E-state index contributed by atoms with van der Waals surface area (Å²) in [7, 11) is 1.82. The number of nitrogens with zero attached hydrogens (tertiary/aromatic N) is 2. The number of amides is 2. The van der Waals surface area contributed by atoms with Crippen molar-refractivity contribution in [3.8, 4) is 0 Å². The molecule has 5 heteroatoms. The maximum Gasteiger partial charge on any atom is 0.241 e. The lowest BCUT2D eigenvalue weighted by molar-refractivity contribution is -0.144. The average molecular weight is 471 g/mol. The highest BCUT2D eigenvalue weighted by Gasteiger charge is 2.59. The standard InChI is InChI=1S/C29H46N2O3/c1-19(5-10-26(33)31-16-15-30(4)27(34)18-31)23-8-9-24-22-7-6-20-17-21(32)11-13-28(20,2)25(22)12-14-29(23,24)3/h6,19,21-25,32H,5,7-18H2,1-4H3/t19?,21-,22-,23+,24-,25-,28-,29+/m0/s1. The van der Waals surface area contributed by atoms with E-state index in [0.717, 1.165) is 43.4 Å². The van der Waals surface area contributed by atoms with Gasteiger partial charge in [0.25, 0.3) is 0 Å². The minimum absolute atomic E-state index is 0.0569. The van der Waals surface area contributed by atoms with E-state index < -0.39 is 0 Å². The summed E-state index contributed by atoms with van der Waals surface area (Å²) >= 11 is 0. The number of carbonyl (C=O) groups excluding carboxylic acids is 2. The number of rotatable bonds is 4. The molecule has 8 atom stereocenters. The predicted molar refractivity (Wildman–Crippen MR) is 134 cm³/mol. The SMILES string of the molecule is CC(CCC(=O)N1CCN(C)C(=O)C1)[C@H]1CC[C@H]2[C@@H]3CC=C4C[C@@H](O)CC[C@]4(C)[C@H]3CC[C@]12C. The summed E-state index contributed by atoms with van der Waals surface area (Å²) in [6.07, 6.45) is 13.4. The molecule has 4 fully saturated rings. The molecule has 1 N–H and O–H groups in total. The normalized spacial score (nSPS) is 43.0. The average Bonchev–Trinajstić information content (AvgIpc) is 3.17. The molecule has 0 aromatic rings. The highest BCUT2D eigenvalue weighted by atomic mass is 16.3. The van der Waals surface area contributed by atoms with Gasteiger partial charge in [0.15, 0.2) is 0 Å². The summed E-state index contributed by atoms with van der Waals surface area (Å²) in [5, 5.41) is 10.3. The van der Waals surface area contributed by atoms with Gasteiger partial charge < -0.3 is 14.9 Å². The molecule has 0 aromatic heterocycles. The molecule has 5 nitrogen and oxygen atoms in total. The molecule has 190 valence electrons. The number of likely N-dealkylation sites (N-methyl/N-ethyl adjacent to an activating group) is 1. The molecule has 1 saturated heterocycles. The number of allylic oxidation sites excluding steroid dienone is 1. The summed E-state index contributed by atoms with van der Waals surface area (Å²) in [6, 6.07) is 0. The van der Waals surface area contributed by atoms with Gasteiger partial charge in [-0.3, -0.25) is 9.59 Å². The third-order valence-electron chi connectivity index (χ3n) is 11.5. The highest BCUT2D eigenvalue weighted by molar-refractivity contribution is 5.85. The first kappa shape index (κ1) is 24.3. The van der Waals surface area contributed by atoms with Crippen LogP contribution >= 0.6 is 0 Å². The zero-order valence-corrected chi connectivity index (χ0v) is 21.9. The van der Waals surface area contributed by atoms with Gasteiger partial charge in [0, 0.05) is 26.6 Å². The lowest BCUT2D eigenvalue weighted by atomic mass is 9.47. The zero-order valence-electron chi connectivity index (χ0n) is 21.9. The Morgan fingerprint density at radius 3 is 2.71 bits per heavy atom. The molecular weight excluding hydrogens is 424 g/mol. The van der Waals surface area contributed by atoms with Crippen LogP contribution in [0.2, 0.25) is 0 Å². The van der Waals surface area contributed by atoms with Crippen LogP contribution in [-0.2, 0) is 9.59 Å². The molecule has 3 saturated carbocycles. The molecule has 4 aliphatic carbocycles. The van der Waals surface area contributed by atoms with Crippen LogP contribution in [0.5, 0.6) is 0 Å². The summed E-state index contributed by atoms with van der Waals surface area (Å²) < 4.78 is 0. The number of piperazine rings is 1. The van der Waals surface area contributed by atoms with Gasteiger partial charge in [-0.05, 0) is 98.2 Å². The molecule has 34 heavy (non-hydrogen) atoms.